The van der Waals surface area contributed by atoms with Crippen molar-refractivity contribution in [3.8, 4) is 6.07 Å². The summed E-state index contributed by atoms with van der Waals surface area (Å²) < 4.78 is 58.1. The van der Waals surface area contributed by atoms with Gasteiger partial charge in [-0.15, -0.1) is 16.9 Å². The molecule has 126 valence electrons. The van der Waals surface area contributed by atoms with E-state index in [0.29, 0.717) is 23.9 Å². The van der Waals surface area contributed by atoms with E-state index in [-0.39, 0.29) is 11.9 Å². The summed E-state index contributed by atoms with van der Waals surface area (Å²) in [6.45, 7) is 1.46. The zero-order valence-corrected chi connectivity index (χ0v) is 12.8. The second-order valence-electron chi connectivity index (χ2n) is 4.33. The van der Waals surface area contributed by atoms with Gasteiger partial charge in [-0.2, -0.15) is 18.4 Å². The van der Waals surface area contributed by atoms with E-state index in [1.807, 2.05) is 0 Å². The lowest BCUT2D eigenvalue weighted by atomic mass is 10.1. The van der Waals surface area contributed by atoms with E-state index in [0.717, 1.165) is 0 Å². The SMILES string of the molecule is Cc1nnc(NC(=O)c2ccc(C(F)(F)F)c(SCC#N)c2F)o1. The Morgan fingerprint density at radius 2 is 2.12 bits per heavy atom. The van der Waals surface area contributed by atoms with Crippen molar-refractivity contribution < 1.29 is 26.8 Å². The van der Waals surface area contributed by atoms with Crippen molar-refractivity contribution in [2.24, 2.45) is 0 Å². The first-order chi connectivity index (χ1) is 11.2. The number of carbonyl (C=O) groups is 1. The number of aryl methyl sites for hydroxylation is 1. The Bertz CT molecular complexity index is 813. The van der Waals surface area contributed by atoms with Gasteiger partial charge >= 0.3 is 12.2 Å². The summed E-state index contributed by atoms with van der Waals surface area (Å²) in [5.41, 5.74) is -1.90. The maximum atomic E-state index is 14.4. The number of carbonyl (C=O) groups excluding carboxylic acids is 1. The van der Waals surface area contributed by atoms with Crippen LogP contribution in [-0.2, 0) is 6.18 Å². The van der Waals surface area contributed by atoms with Crippen LogP contribution in [0, 0.1) is 24.1 Å². The smallest absolute Gasteiger partial charge is 0.408 e. The minimum atomic E-state index is -4.82. The van der Waals surface area contributed by atoms with Gasteiger partial charge in [0.25, 0.3) is 5.91 Å². The highest BCUT2D eigenvalue weighted by atomic mass is 32.2. The maximum Gasteiger partial charge on any atom is 0.417 e. The number of nitriles is 1. The van der Waals surface area contributed by atoms with Crippen molar-refractivity contribution in [1.82, 2.24) is 10.2 Å². The molecule has 0 atom stereocenters. The van der Waals surface area contributed by atoms with Gasteiger partial charge in [-0.1, -0.05) is 5.10 Å². The average Bonchev–Trinajstić information content (AvgIpc) is 2.89. The van der Waals surface area contributed by atoms with Crippen LogP contribution in [0.5, 0.6) is 0 Å². The molecular formula is C13H8F4N4O2S. The molecule has 0 spiro atoms. The van der Waals surface area contributed by atoms with Crippen molar-refractivity contribution in [2.45, 2.75) is 18.0 Å². The van der Waals surface area contributed by atoms with Gasteiger partial charge in [-0.25, -0.2) is 4.39 Å². The van der Waals surface area contributed by atoms with E-state index in [2.05, 4.69) is 15.5 Å². The number of alkyl halides is 3. The molecule has 1 N–H and O–H groups in total. The zero-order chi connectivity index (χ0) is 17.9. The Morgan fingerprint density at radius 1 is 1.42 bits per heavy atom. The number of benzene rings is 1. The highest BCUT2D eigenvalue weighted by molar-refractivity contribution is 7.99. The normalized spacial score (nSPS) is 11.2. The molecule has 0 fully saturated rings. The minimum Gasteiger partial charge on any atom is -0.408 e. The molecule has 0 saturated carbocycles. The highest BCUT2D eigenvalue weighted by Crippen LogP contribution is 2.39. The number of halogens is 4. The first-order valence-electron chi connectivity index (χ1n) is 6.25. The lowest BCUT2D eigenvalue weighted by Gasteiger charge is -2.14. The molecule has 11 heteroatoms. The predicted molar refractivity (Wildman–Crippen MR) is 74.7 cm³/mol. The number of anilines is 1. The third kappa shape index (κ3) is 3.83. The summed E-state index contributed by atoms with van der Waals surface area (Å²) in [7, 11) is 0. The Hall–Kier alpha value is -2.61. The van der Waals surface area contributed by atoms with Gasteiger partial charge in [0.05, 0.1) is 27.8 Å². The second-order valence-corrected chi connectivity index (χ2v) is 5.31. The minimum absolute atomic E-state index is 0.142. The Labute approximate surface area is 136 Å². The van der Waals surface area contributed by atoms with Crippen LogP contribution in [-0.4, -0.2) is 21.9 Å². The topological polar surface area (TPSA) is 91.8 Å². The molecule has 0 saturated heterocycles. The molecule has 1 heterocycles. The maximum absolute atomic E-state index is 14.4. The van der Waals surface area contributed by atoms with Crippen LogP contribution in [0.2, 0.25) is 0 Å². The molecule has 2 aromatic rings. The van der Waals surface area contributed by atoms with Gasteiger partial charge in [0, 0.05) is 6.92 Å². The van der Waals surface area contributed by atoms with Crippen LogP contribution in [0.1, 0.15) is 21.8 Å². The molecule has 0 aliphatic carbocycles. The molecule has 0 unspecified atom stereocenters. The summed E-state index contributed by atoms with van der Waals surface area (Å²) in [5.74, 6) is -2.69. The fourth-order valence-electron chi connectivity index (χ4n) is 1.71. The first kappa shape index (κ1) is 17.7. The average molecular weight is 360 g/mol. The van der Waals surface area contributed by atoms with E-state index < -0.39 is 39.7 Å². The predicted octanol–water partition coefficient (Wildman–Crippen LogP) is 3.40. The fraction of sp³-hybridized carbons (Fsp3) is 0.231. The van der Waals surface area contributed by atoms with E-state index in [9.17, 15) is 22.4 Å². The van der Waals surface area contributed by atoms with E-state index in [4.69, 9.17) is 9.68 Å². The van der Waals surface area contributed by atoms with Gasteiger partial charge in [-0.3, -0.25) is 10.1 Å². The lowest BCUT2D eigenvalue weighted by molar-refractivity contribution is -0.140. The van der Waals surface area contributed by atoms with E-state index in [1.54, 1.807) is 6.07 Å². The van der Waals surface area contributed by atoms with Crippen LogP contribution in [0.15, 0.2) is 21.4 Å². The van der Waals surface area contributed by atoms with Crippen LogP contribution in [0.3, 0.4) is 0 Å². The van der Waals surface area contributed by atoms with Gasteiger partial charge in [-0.05, 0) is 12.1 Å². The number of nitrogens with zero attached hydrogens (tertiary/aromatic N) is 3. The molecule has 24 heavy (non-hydrogen) atoms. The summed E-state index contributed by atoms with van der Waals surface area (Å²) in [5, 5.41) is 17.5. The third-order valence-corrected chi connectivity index (χ3v) is 3.64. The quantitative estimate of drug-likeness (QED) is 0.664. The fourth-order valence-corrected chi connectivity index (χ4v) is 2.50. The number of nitrogens with one attached hydrogen (secondary N) is 1. The molecule has 0 aliphatic heterocycles. The molecule has 0 radical (unpaired) electrons. The number of amides is 1. The number of aromatic nitrogens is 2. The Kier molecular flexibility index (Phi) is 5.08. The van der Waals surface area contributed by atoms with Crippen molar-refractivity contribution in [3.05, 3.63) is 35.0 Å². The number of hydrogen-bond donors (Lipinski definition) is 1. The monoisotopic (exact) mass is 360 g/mol. The molecule has 2 rings (SSSR count). The lowest BCUT2D eigenvalue weighted by Crippen LogP contribution is -2.17. The Morgan fingerprint density at radius 3 is 2.67 bits per heavy atom. The van der Waals surface area contributed by atoms with Crippen molar-refractivity contribution in [3.63, 3.8) is 0 Å². The second kappa shape index (κ2) is 6.88. The molecule has 0 bridgehead atoms. The molecule has 1 aromatic heterocycles. The van der Waals surface area contributed by atoms with E-state index >= 15 is 0 Å². The molecule has 1 amide bonds. The summed E-state index contributed by atoms with van der Waals surface area (Å²) >= 11 is 0.355. The van der Waals surface area contributed by atoms with Crippen LogP contribution < -0.4 is 5.32 Å². The van der Waals surface area contributed by atoms with Gasteiger partial charge in [0.15, 0.2) is 0 Å². The summed E-state index contributed by atoms with van der Waals surface area (Å²) in [6, 6.07) is 2.57. The van der Waals surface area contributed by atoms with Crippen molar-refractivity contribution >= 4 is 23.7 Å². The third-order valence-electron chi connectivity index (χ3n) is 2.67. The van der Waals surface area contributed by atoms with Gasteiger partial charge in [0.1, 0.15) is 5.82 Å². The molecular weight excluding hydrogens is 352 g/mol. The number of thioether (sulfide) groups is 1. The van der Waals surface area contributed by atoms with Crippen LogP contribution in [0.4, 0.5) is 23.6 Å². The standard InChI is InChI=1S/C13H8F4N4O2S/c1-6-20-21-12(23-6)19-11(22)7-2-3-8(13(15,16)17)10(9(7)14)24-5-4-18/h2-3H,5H2,1H3,(H,19,21,22). The summed E-state index contributed by atoms with van der Waals surface area (Å²) in [6.07, 6.45) is -4.82. The van der Waals surface area contributed by atoms with E-state index in [1.165, 1.54) is 6.92 Å². The Balaban J connectivity index is 2.40. The van der Waals surface area contributed by atoms with Crippen molar-refractivity contribution in [1.29, 1.82) is 5.26 Å². The number of hydrogen-bond acceptors (Lipinski definition) is 6. The highest BCUT2D eigenvalue weighted by Gasteiger charge is 2.36. The van der Waals surface area contributed by atoms with Gasteiger partial charge in [0.2, 0.25) is 5.89 Å². The zero-order valence-electron chi connectivity index (χ0n) is 11.9. The molecule has 1 aromatic carbocycles. The summed E-state index contributed by atoms with van der Waals surface area (Å²) in [4.78, 5) is 11.2. The molecule has 0 aliphatic rings. The molecule has 6 nitrogen and oxygen atoms in total. The van der Waals surface area contributed by atoms with Crippen LogP contribution in [0.25, 0.3) is 0 Å². The largest absolute Gasteiger partial charge is 0.417 e. The van der Waals surface area contributed by atoms with Crippen molar-refractivity contribution in [2.75, 3.05) is 11.1 Å². The van der Waals surface area contributed by atoms with Crippen LogP contribution >= 0.6 is 11.8 Å². The number of rotatable bonds is 4. The van der Waals surface area contributed by atoms with Gasteiger partial charge < -0.3 is 4.42 Å². The first-order valence-corrected chi connectivity index (χ1v) is 7.23.